The highest BCUT2D eigenvalue weighted by Gasteiger charge is 2.30. The van der Waals surface area contributed by atoms with Gasteiger partial charge in [0, 0.05) is 18.8 Å². The SMILES string of the molecule is Cc1ccccc1NC(=O)[C@@H]1CCCN(C(=O)c2ccccc2F)C1. The Labute approximate surface area is 146 Å². The minimum atomic E-state index is -0.529. The Balaban J connectivity index is 1.69. The maximum absolute atomic E-state index is 13.9. The Morgan fingerprint density at radius 2 is 1.84 bits per heavy atom. The first-order valence-electron chi connectivity index (χ1n) is 8.46. The lowest BCUT2D eigenvalue weighted by Crippen LogP contribution is -2.44. The van der Waals surface area contributed by atoms with Crippen molar-refractivity contribution in [2.75, 3.05) is 18.4 Å². The first kappa shape index (κ1) is 17.1. The minimum Gasteiger partial charge on any atom is -0.338 e. The van der Waals surface area contributed by atoms with E-state index in [9.17, 15) is 14.0 Å². The molecule has 4 nitrogen and oxygen atoms in total. The molecule has 1 aliphatic heterocycles. The monoisotopic (exact) mass is 340 g/mol. The molecule has 25 heavy (non-hydrogen) atoms. The van der Waals surface area contributed by atoms with Gasteiger partial charge in [-0.15, -0.1) is 0 Å². The van der Waals surface area contributed by atoms with Gasteiger partial charge in [-0.3, -0.25) is 9.59 Å². The molecule has 2 aromatic rings. The number of aryl methyl sites for hydroxylation is 1. The molecule has 0 bridgehead atoms. The lowest BCUT2D eigenvalue weighted by molar-refractivity contribution is -0.121. The highest BCUT2D eigenvalue weighted by Crippen LogP contribution is 2.22. The van der Waals surface area contributed by atoms with Crippen molar-refractivity contribution in [2.24, 2.45) is 5.92 Å². The number of para-hydroxylation sites is 1. The summed E-state index contributed by atoms with van der Waals surface area (Å²) in [6.07, 6.45) is 1.45. The Hall–Kier alpha value is -2.69. The maximum Gasteiger partial charge on any atom is 0.256 e. The summed E-state index contributed by atoms with van der Waals surface area (Å²) in [6.45, 7) is 2.79. The van der Waals surface area contributed by atoms with Crippen LogP contribution in [0.4, 0.5) is 10.1 Å². The Morgan fingerprint density at radius 1 is 1.12 bits per heavy atom. The maximum atomic E-state index is 13.9. The zero-order chi connectivity index (χ0) is 17.8. The molecule has 1 atom stereocenters. The molecule has 1 saturated heterocycles. The first-order chi connectivity index (χ1) is 12.1. The van der Waals surface area contributed by atoms with Gasteiger partial charge in [0.2, 0.25) is 5.91 Å². The van der Waals surface area contributed by atoms with Crippen molar-refractivity contribution in [1.82, 2.24) is 4.90 Å². The van der Waals surface area contributed by atoms with E-state index >= 15 is 0 Å². The predicted octanol–water partition coefficient (Wildman–Crippen LogP) is 3.63. The van der Waals surface area contributed by atoms with Crippen LogP contribution in [-0.2, 0) is 4.79 Å². The number of piperidine rings is 1. The Bertz CT molecular complexity index is 791. The number of carbonyl (C=O) groups excluding carboxylic acids is 2. The smallest absolute Gasteiger partial charge is 0.256 e. The number of hydrogen-bond acceptors (Lipinski definition) is 2. The average molecular weight is 340 g/mol. The number of halogens is 1. The van der Waals surface area contributed by atoms with Crippen molar-refractivity contribution in [3.8, 4) is 0 Å². The van der Waals surface area contributed by atoms with Gasteiger partial charge >= 0.3 is 0 Å². The van der Waals surface area contributed by atoms with Gasteiger partial charge in [-0.05, 0) is 43.5 Å². The van der Waals surface area contributed by atoms with Gasteiger partial charge in [-0.25, -0.2) is 4.39 Å². The number of rotatable bonds is 3. The topological polar surface area (TPSA) is 49.4 Å². The summed E-state index contributed by atoms with van der Waals surface area (Å²) >= 11 is 0. The van der Waals surface area contributed by atoms with Gasteiger partial charge in [0.1, 0.15) is 5.82 Å². The molecule has 0 spiro atoms. The summed E-state index contributed by atoms with van der Waals surface area (Å²) in [5.41, 5.74) is 1.83. The van der Waals surface area contributed by atoms with Crippen LogP contribution in [0, 0.1) is 18.7 Å². The van der Waals surface area contributed by atoms with Crippen molar-refractivity contribution >= 4 is 17.5 Å². The Kier molecular flexibility index (Phi) is 5.12. The Morgan fingerprint density at radius 3 is 2.60 bits per heavy atom. The molecule has 1 heterocycles. The average Bonchev–Trinajstić information content (AvgIpc) is 2.63. The largest absolute Gasteiger partial charge is 0.338 e. The fraction of sp³-hybridized carbons (Fsp3) is 0.300. The van der Waals surface area contributed by atoms with Crippen LogP contribution in [0.15, 0.2) is 48.5 Å². The number of amides is 2. The van der Waals surface area contributed by atoms with Gasteiger partial charge in [0.05, 0.1) is 11.5 Å². The van der Waals surface area contributed by atoms with Gasteiger partial charge in [-0.2, -0.15) is 0 Å². The second kappa shape index (κ2) is 7.47. The van der Waals surface area contributed by atoms with Crippen LogP contribution in [0.2, 0.25) is 0 Å². The minimum absolute atomic E-state index is 0.0578. The molecule has 0 saturated carbocycles. The zero-order valence-corrected chi connectivity index (χ0v) is 14.2. The highest BCUT2D eigenvalue weighted by molar-refractivity contribution is 5.96. The first-order valence-corrected chi connectivity index (χ1v) is 8.46. The van der Waals surface area contributed by atoms with Crippen LogP contribution in [0.5, 0.6) is 0 Å². The van der Waals surface area contributed by atoms with E-state index in [-0.39, 0.29) is 23.3 Å². The third-order valence-corrected chi connectivity index (χ3v) is 4.59. The predicted molar refractivity (Wildman–Crippen MR) is 94.8 cm³/mol. The molecule has 3 rings (SSSR count). The van der Waals surface area contributed by atoms with Gasteiger partial charge in [-0.1, -0.05) is 30.3 Å². The van der Waals surface area contributed by atoms with Crippen LogP contribution in [-0.4, -0.2) is 29.8 Å². The molecule has 0 aliphatic carbocycles. The van der Waals surface area contributed by atoms with Crippen molar-refractivity contribution in [3.05, 3.63) is 65.5 Å². The summed E-state index contributed by atoms with van der Waals surface area (Å²) < 4.78 is 13.9. The van der Waals surface area contributed by atoms with Crippen LogP contribution in [0.1, 0.15) is 28.8 Å². The molecule has 130 valence electrons. The summed E-state index contributed by atoms with van der Waals surface area (Å²) in [5.74, 6) is -1.27. The van der Waals surface area contributed by atoms with E-state index in [0.717, 1.165) is 24.1 Å². The molecule has 5 heteroatoms. The van der Waals surface area contributed by atoms with Gasteiger partial charge in [0.25, 0.3) is 5.91 Å². The highest BCUT2D eigenvalue weighted by atomic mass is 19.1. The molecule has 2 aromatic carbocycles. The molecule has 2 amide bonds. The fourth-order valence-corrected chi connectivity index (χ4v) is 3.13. The third kappa shape index (κ3) is 3.87. The van der Waals surface area contributed by atoms with Crippen molar-refractivity contribution < 1.29 is 14.0 Å². The molecule has 1 aliphatic rings. The fourth-order valence-electron chi connectivity index (χ4n) is 3.13. The summed E-state index contributed by atoms with van der Waals surface area (Å²) in [4.78, 5) is 26.7. The molecule has 0 aromatic heterocycles. The number of likely N-dealkylation sites (tertiary alicyclic amines) is 1. The second-order valence-corrected chi connectivity index (χ2v) is 6.37. The number of anilines is 1. The molecule has 1 fully saturated rings. The molecular formula is C20H21FN2O2. The van der Waals surface area contributed by atoms with E-state index in [1.54, 1.807) is 17.0 Å². The van der Waals surface area contributed by atoms with Crippen LogP contribution in [0.3, 0.4) is 0 Å². The van der Waals surface area contributed by atoms with Crippen LogP contribution in [0.25, 0.3) is 0 Å². The quantitative estimate of drug-likeness (QED) is 0.928. The lowest BCUT2D eigenvalue weighted by atomic mass is 9.96. The third-order valence-electron chi connectivity index (χ3n) is 4.59. The summed E-state index contributed by atoms with van der Waals surface area (Å²) in [6, 6.07) is 13.5. The second-order valence-electron chi connectivity index (χ2n) is 6.37. The molecule has 0 unspecified atom stereocenters. The van der Waals surface area contributed by atoms with E-state index < -0.39 is 5.82 Å². The van der Waals surface area contributed by atoms with E-state index in [2.05, 4.69) is 5.32 Å². The van der Waals surface area contributed by atoms with Crippen molar-refractivity contribution in [3.63, 3.8) is 0 Å². The molecule has 0 radical (unpaired) electrons. The van der Waals surface area contributed by atoms with Crippen molar-refractivity contribution in [2.45, 2.75) is 19.8 Å². The summed E-state index contributed by atoms with van der Waals surface area (Å²) in [5, 5.41) is 2.94. The molecule has 1 N–H and O–H groups in total. The van der Waals surface area contributed by atoms with Crippen LogP contribution >= 0.6 is 0 Å². The number of hydrogen-bond donors (Lipinski definition) is 1. The van der Waals surface area contributed by atoms with Crippen molar-refractivity contribution in [1.29, 1.82) is 0 Å². The lowest BCUT2D eigenvalue weighted by Gasteiger charge is -2.32. The molecular weight excluding hydrogens is 319 g/mol. The number of nitrogens with zero attached hydrogens (tertiary/aromatic N) is 1. The van der Waals surface area contributed by atoms with Gasteiger partial charge in [0.15, 0.2) is 0 Å². The number of carbonyl (C=O) groups is 2. The van der Waals surface area contributed by atoms with E-state index in [0.29, 0.717) is 13.1 Å². The van der Waals surface area contributed by atoms with Gasteiger partial charge < -0.3 is 10.2 Å². The zero-order valence-electron chi connectivity index (χ0n) is 14.2. The standard InChI is InChI=1S/C20H21FN2O2/c1-14-7-2-5-11-18(14)22-19(24)15-8-6-12-23(13-15)20(25)16-9-3-4-10-17(16)21/h2-5,7,9-11,15H,6,8,12-13H2,1H3,(H,22,24)/t15-/m1/s1. The normalized spacial score (nSPS) is 17.2. The van der Waals surface area contributed by atoms with Crippen LogP contribution < -0.4 is 5.32 Å². The number of nitrogens with one attached hydrogen (secondary N) is 1. The van der Waals surface area contributed by atoms with E-state index in [1.165, 1.54) is 12.1 Å². The van der Waals surface area contributed by atoms with E-state index in [1.807, 2.05) is 31.2 Å². The number of benzene rings is 2. The summed E-state index contributed by atoms with van der Waals surface area (Å²) in [7, 11) is 0. The van der Waals surface area contributed by atoms with E-state index in [4.69, 9.17) is 0 Å².